The summed E-state index contributed by atoms with van der Waals surface area (Å²) < 4.78 is 5.15. The molecule has 0 fully saturated rings. The van der Waals surface area contributed by atoms with Gasteiger partial charge in [-0.05, 0) is 40.5 Å². The molecule has 0 aliphatic carbocycles. The van der Waals surface area contributed by atoms with Crippen molar-refractivity contribution in [2.75, 3.05) is 6.61 Å². The van der Waals surface area contributed by atoms with E-state index in [1.54, 1.807) is 0 Å². The van der Waals surface area contributed by atoms with Crippen molar-refractivity contribution in [2.45, 2.75) is 52.6 Å². The molecule has 0 spiro atoms. The topological polar surface area (TPSA) is 58.3 Å². The van der Waals surface area contributed by atoms with Crippen LogP contribution in [-0.2, 0) is 0 Å². The summed E-state index contributed by atoms with van der Waals surface area (Å²) in [5.74, 6) is 0.881. The normalized spacial score (nSPS) is 15.1. The lowest BCUT2D eigenvalue weighted by Crippen LogP contribution is -2.29. The van der Waals surface area contributed by atoms with Crippen molar-refractivity contribution in [1.82, 2.24) is 10.5 Å². The number of hydrogen-bond donors (Lipinski definition) is 2. The fourth-order valence-corrected chi connectivity index (χ4v) is 2.10. The fraction of sp³-hybridized carbons (Fsp3) is 0.750. The SMILES string of the molecule is Cc1noc(C)c1C(C)NC(C)CCCO. The summed E-state index contributed by atoms with van der Waals surface area (Å²) in [5, 5.41) is 16.2. The highest BCUT2D eigenvalue weighted by atomic mass is 16.5. The molecule has 0 radical (unpaired) electrons. The molecule has 0 bridgehead atoms. The second-order valence-electron chi connectivity index (χ2n) is 4.39. The van der Waals surface area contributed by atoms with Crippen molar-refractivity contribution < 1.29 is 9.63 Å². The van der Waals surface area contributed by atoms with Crippen molar-refractivity contribution in [2.24, 2.45) is 0 Å². The van der Waals surface area contributed by atoms with Crippen LogP contribution in [-0.4, -0.2) is 22.9 Å². The monoisotopic (exact) mass is 226 g/mol. The molecule has 2 N–H and O–H groups in total. The van der Waals surface area contributed by atoms with Gasteiger partial charge in [-0.3, -0.25) is 0 Å². The minimum Gasteiger partial charge on any atom is -0.396 e. The number of rotatable bonds is 6. The predicted octanol–water partition coefficient (Wildman–Crippen LogP) is 2.10. The molecule has 1 aromatic heterocycles. The summed E-state index contributed by atoms with van der Waals surface area (Å²) in [5.41, 5.74) is 2.10. The lowest BCUT2D eigenvalue weighted by Gasteiger charge is -2.19. The van der Waals surface area contributed by atoms with Gasteiger partial charge in [0.05, 0.1) is 5.69 Å². The van der Waals surface area contributed by atoms with Crippen LogP contribution >= 0.6 is 0 Å². The van der Waals surface area contributed by atoms with Crippen LogP contribution in [0.5, 0.6) is 0 Å². The molecule has 2 unspecified atom stereocenters. The number of aromatic nitrogens is 1. The molecule has 16 heavy (non-hydrogen) atoms. The average molecular weight is 226 g/mol. The van der Waals surface area contributed by atoms with E-state index in [0.29, 0.717) is 6.04 Å². The summed E-state index contributed by atoms with van der Waals surface area (Å²) in [6, 6.07) is 0.621. The van der Waals surface area contributed by atoms with Gasteiger partial charge in [-0.25, -0.2) is 0 Å². The summed E-state index contributed by atoms with van der Waals surface area (Å²) in [7, 11) is 0. The zero-order valence-electron chi connectivity index (χ0n) is 10.6. The zero-order valence-corrected chi connectivity index (χ0v) is 10.6. The summed E-state index contributed by atoms with van der Waals surface area (Å²) >= 11 is 0. The Balaban J connectivity index is 2.55. The Morgan fingerprint density at radius 3 is 2.56 bits per heavy atom. The van der Waals surface area contributed by atoms with Crippen molar-refractivity contribution in [1.29, 1.82) is 0 Å². The first-order valence-electron chi connectivity index (χ1n) is 5.86. The Hall–Kier alpha value is -0.870. The van der Waals surface area contributed by atoms with Crippen LogP contribution in [0, 0.1) is 13.8 Å². The summed E-state index contributed by atoms with van der Waals surface area (Å²) in [4.78, 5) is 0. The van der Waals surface area contributed by atoms with Gasteiger partial charge in [-0.15, -0.1) is 0 Å². The first-order valence-corrected chi connectivity index (χ1v) is 5.86. The Morgan fingerprint density at radius 1 is 1.38 bits per heavy atom. The first kappa shape index (κ1) is 13.2. The van der Waals surface area contributed by atoms with Gasteiger partial charge in [0.15, 0.2) is 0 Å². The molecule has 0 saturated carbocycles. The molecule has 0 amide bonds. The number of aliphatic hydroxyl groups is 1. The van der Waals surface area contributed by atoms with Gasteiger partial charge < -0.3 is 14.9 Å². The fourth-order valence-electron chi connectivity index (χ4n) is 2.10. The van der Waals surface area contributed by atoms with Crippen molar-refractivity contribution >= 4 is 0 Å². The molecule has 4 heteroatoms. The van der Waals surface area contributed by atoms with Crippen molar-refractivity contribution in [3.63, 3.8) is 0 Å². The van der Waals surface area contributed by atoms with Crippen molar-refractivity contribution in [3.05, 3.63) is 17.0 Å². The summed E-state index contributed by atoms with van der Waals surface area (Å²) in [6.07, 6.45) is 1.81. The van der Waals surface area contributed by atoms with Crippen molar-refractivity contribution in [3.8, 4) is 0 Å². The van der Waals surface area contributed by atoms with E-state index in [4.69, 9.17) is 9.63 Å². The number of nitrogens with zero attached hydrogens (tertiary/aromatic N) is 1. The van der Waals surface area contributed by atoms with E-state index in [0.717, 1.165) is 29.9 Å². The maximum atomic E-state index is 8.77. The highest BCUT2D eigenvalue weighted by molar-refractivity contribution is 5.24. The average Bonchev–Trinajstić information content (AvgIpc) is 2.55. The number of aryl methyl sites for hydroxylation is 2. The van der Waals surface area contributed by atoms with Gasteiger partial charge in [0.25, 0.3) is 0 Å². The van der Waals surface area contributed by atoms with Gasteiger partial charge >= 0.3 is 0 Å². The van der Waals surface area contributed by atoms with Crippen LogP contribution in [0.15, 0.2) is 4.52 Å². The van der Waals surface area contributed by atoms with E-state index in [2.05, 4.69) is 24.3 Å². The van der Waals surface area contributed by atoms with Gasteiger partial charge in [0, 0.05) is 24.3 Å². The van der Waals surface area contributed by atoms with Gasteiger partial charge in [-0.2, -0.15) is 0 Å². The van der Waals surface area contributed by atoms with Crippen LogP contribution < -0.4 is 5.32 Å². The molecule has 1 aromatic rings. The van der Waals surface area contributed by atoms with Crippen LogP contribution in [0.4, 0.5) is 0 Å². The summed E-state index contributed by atoms with van der Waals surface area (Å²) in [6.45, 7) is 8.40. The highest BCUT2D eigenvalue weighted by Crippen LogP contribution is 2.21. The van der Waals surface area contributed by atoms with Crippen LogP contribution in [0.1, 0.15) is 49.7 Å². The standard InChI is InChI=1S/C12H22N2O2/c1-8(6-5-7-15)13-9(2)12-10(3)14-16-11(12)4/h8-9,13,15H,5-7H2,1-4H3. The largest absolute Gasteiger partial charge is 0.396 e. The number of nitrogens with one attached hydrogen (secondary N) is 1. The Bertz CT molecular complexity index is 303. The van der Waals surface area contributed by atoms with Crippen LogP contribution in [0.2, 0.25) is 0 Å². The maximum Gasteiger partial charge on any atom is 0.138 e. The van der Waals surface area contributed by atoms with E-state index in [-0.39, 0.29) is 12.6 Å². The Kier molecular flexibility index (Phi) is 4.96. The molecule has 92 valence electrons. The van der Waals surface area contributed by atoms with E-state index >= 15 is 0 Å². The Morgan fingerprint density at radius 2 is 2.06 bits per heavy atom. The predicted molar refractivity (Wildman–Crippen MR) is 63.3 cm³/mol. The molecule has 0 saturated heterocycles. The molecular formula is C12H22N2O2. The molecule has 1 rings (SSSR count). The quantitative estimate of drug-likeness (QED) is 0.780. The molecule has 0 aromatic carbocycles. The maximum absolute atomic E-state index is 8.77. The minimum atomic E-state index is 0.236. The third kappa shape index (κ3) is 3.32. The molecule has 4 nitrogen and oxygen atoms in total. The molecule has 0 aliphatic heterocycles. The second-order valence-corrected chi connectivity index (χ2v) is 4.39. The van der Waals surface area contributed by atoms with Crippen LogP contribution in [0.3, 0.4) is 0 Å². The molecule has 2 atom stereocenters. The van der Waals surface area contributed by atoms with E-state index in [1.165, 1.54) is 0 Å². The molecule has 0 aliphatic rings. The number of aliphatic hydroxyl groups excluding tert-OH is 1. The smallest absolute Gasteiger partial charge is 0.138 e. The third-order valence-electron chi connectivity index (χ3n) is 2.85. The minimum absolute atomic E-state index is 0.236. The van der Waals surface area contributed by atoms with E-state index in [9.17, 15) is 0 Å². The Labute approximate surface area is 97.0 Å². The van der Waals surface area contributed by atoms with Gasteiger partial charge in [-0.1, -0.05) is 5.16 Å². The molecule has 1 heterocycles. The third-order valence-corrected chi connectivity index (χ3v) is 2.85. The lowest BCUT2D eigenvalue weighted by molar-refractivity contribution is 0.274. The van der Waals surface area contributed by atoms with E-state index in [1.807, 2.05) is 13.8 Å². The second kappa shape index (κ2) is 6.01. The lowest BCUT2D eigenvalue weighted by atomic mass is 10.0. The number of hydrogen-bond acceptors (Lipinski definition) is 4. The highest BCUT2D eigenvalue weighted by Gasteiger charge is 2.17. The van der Waals surface area contributed by atoms with Gasteiger partial charge in [0.2, 0.25) is 0 Å². The molecular weight excluding hydrogens is 204 g/mol. The zero-order chi connectivity index (χ0) is 12.1. The van der Waals surface area contributed by atoms with E-state index < -0.39 is 0 Å². The van der Waals surface area contributed by atoms with Gasteiger partial charge in [0.1, 0.15) is 5.76 Å². The van der Waals surface area contributed by atoms with Crippen LogP contribution in [0.25, 0.3) is 0 Å². The first-order chi connectivity index (χ1) is 7.56.